The highest BCUT2D eigenvalue weighted by molar-refractivity contribution is 7.89. The second-order valence-electron chi connectivity index (χ2n) is 5.32. The zero-order valence-electron chi connectivity index (χ0n) is 11.7. The number of sulfonamides is 1. The van der Waals surface area contributed by atoms with Gasteiger partial charge >= 0.3 is 5.97 Å². The third-order valence-corrected chi connectivity index (χ3v) is 5.20. The highest BCUT2D eigenvalue weighted by Crippen LogP contribution is 2.26. The number of carboxylic acid groups (broad SMARTS) is 1. The van der Waals surface area contributed by atoms with E-state index in [1.807, 2.05) is 6.92 Å². The molecule has 1 aliphatic carbocycles. The summed E-state index contributed by atoms with van der Waals surface area (Å²) in [4.78, 5) is 11.1. The largest absolute Gasteiger partial charge is 0.478 e. The topological polar surface area (TPSA) is 104 Å². The number of aliphatic hydroxyl groups excluding tert-OH is 1. The summed E-state index contributed by atoms with van der Waals surface area (Å²) in [6.07, 6.45) is 1.38. The summed E-state index contributed by atoms with van der Waals surface area (Å²) in [6.45, 7) is 2.08. The fourth-order valence-electron chi connectivity index (χ4n) is 2.41. The molecule has 1 aromatic rings. The number of hydrogen-bond donors (Lipinski definition) is 3. The van der Waals surface area contributed by atoms with Gasteiger partial charge in [-0.15, -0.1) is 0 Å². The molecule has 0 heterocycles. The molecule has 7 heteroatoms. The van der Waals surface area contributed by atoms with Gasteiger partial charge in [-0.1, -0.05) is 13.0 Å². The van der Waals surface area contributed by atoms with Crippen molar-refractivity contribution in [2.45, 2.75) is 37.2 Å². The Hall–Kier alpha value is -1.44. The van der Waals surface area contributed by atoms with Crippen LogP contribution >= 0.6 is 0 Å². The average molecular weight is 313 g/mol. The lowest BCUT2D eigenvalue weighted by atomic mass is 9.83. The van der Waals surface area contributed by atoms with Crippen molar-refractivity contribution in [3.8, 4) is 0 Å². The highest BCUT2D eigenvalue weighted by Gasteiger charge is 2.28. The van der Waals surface area contributed by atoms with Crippen molar-refractivity contribution < 1.29 is 23.4 Å². The van der Waals surface area contributed by atoms with Crippen LogP contribution in [-0.4, -0.2) is 37.2 Å². The van der Waals surface area contributed by atoms with Gasteiger partial charge < -0.3 is 10.2 Å². The zero-order valence-corrected chi connectivity index (χ0v) is 12.6. The Morgan fingerprint density at radius 3 is 2.57 bits per heavy atom. The Kier molecular flexibility index (Phi) is 4.65. The highest BCUT2D eigenvalue weighted by atomic mass is 32.2. The average Bonchev–Trinajstić information content (AvgIpc) is 2.41. The molecule has 1 aromatic carbocycles. The van der Waals surface area contributed by atoms with Crippen LogP contribution in [-0.2, 0) is 16.4 Å². The van der Waals surface area contributed by atoms with E-state index in [2.05, 4.69) is 4.72 Å². The van der Waals surface area contributed by atoms with Crippen LogP contribution in [0.2, 0.25) is 0 Å². The smallest absolute Gasteiger partial charge is 0.336 e. The van der Waals surface area contributed by atoms with E-state index in [1.165, 1.54) is 18.2 Å². The summed E-state index contributed by atoms with van der Waals surface area (Å²) in [5.74, 6) is -0.991. The molecule has 0 spiro atoms. The maximum atomic E-state index is 12.2. The standard InChI is InChI=1S/C14H19NO5S/c1-2-10-3-4-12(7-13(10)14(17)18)21(19,20)15-8-9-5-11(16)6-9/h3-4,7,9,11,15-16H,2,5-6,8H2,1H3,(H,17,18). The van der Waals surface area contributed by atoms with Gasteiger partial charge in [0, 0.05) is 6.54 Å². The minimum atomic E-state index is -3.72. The molecule has 0 unspecified atom stereocenters. The van der Waals surface area contributed by atoms with E-state index >= 15 is 0 Å². The van der Waals surface area contributed by atoms with E-state index in [-0.39, 0.29) is 29.0 Å². The van der Waals surface area contributed by atoms with Crippen molar-refractivity contribution >= 4 is 16.0 Å². The molecule has 0 aliphatic heterocycles. The van der Waals surface area contributed by atoms with Gasteiger partial charge in [-0.2, -0.15) is 0 Å². The van der Waals surface area contributed by atoms with Crippen LogP contribution in [0.5, 0.6) is 0 Å². The van der Waals surface area contributed by atoms with Crippen molar-refractivity contribution in [2.24, 2.45) is 5.92 Å². The number of rotatable bonds is 6. The normalized spacial score (nSPS) is 21.8. The van der Waals surface area contributed by atoms with E-state index in [9.17, 15) is 18.3 Å². The minimum absolute atomic E-state index is 0.0134. The molecule has 1 saturated carbocycles. The molecule has 0 atom stereocenters. The molecule has 0 saturated heterocycles. The third-order valence-electron chi connectivity index (χ3n) is 3.78. The summed E-state index contributed by atoms with van der Waals surface area (Å²) >= 11 is 0. The van der Waals surface area contributed by atoms with Gasteiger partial charge in [-0.05, 0) is 42.9 Å². The Labute approximate surface area is 123 Å². The first-order valence-corrected chi connectivity index (χ1v) is 8.35. The Morgan fingerprint density at radius 1 is 1.38 bits per heavy atom. The van der Waals surface area contributed by atoms with Crippen molar-refractivity contribution in [1.82, 2.24) is 4.72 Å². The fraction of sp³-hybridized carbons (Fsp3) is 0.500. The van der Waals surface area contributed by atoms with Gasteiger partial charge in [0.05, 0.1) is 16.6 Å². The predicted octanol–water partition coefficient (Wildman–Crippen LogP) is 0.996. The lowest BCUT2D eigenvalue weighted by Gasteiger charge is -2.31. The first-order chi connectivity index (χ1) is 9.83. The third kappa shape index (κ3) is 3.61. The number of nitrogens with one attached hydrogen (secondary N) is 1. The molecule has 1 aliphatic rings. The van der Waals surface area contributed by atoms with Crippen LogP contribution in [0.1, 0.15) is 35.7 Å². The number of carboxylic acids is 1. The van der Waals surface area contributed by atoms with Gasteiger partial charge in [0.1, 0.15) is 0 Å². The summed E-state index contributed by atoms with van der Waals surface area (Å²) < 4.78 is 26.8. The Morgan fingerprint density at radius 2 is 2.05 bits per heavy atom. The van der Waals surface area contributed by atoms with E-state index in [1.54, 1.807) is 0 Å². The predicted molar refractivity (Wildman–Crippen MR) is 76.7 cm³/mol. The number of benzene rings is 1. The number of aromatic carboxylic acids is 1. The zero-order chi connectivity index (χ0) is 15.6. The van der Waals surface area contributed by atoms with Gasteiger partial charge in [-0.3, -0.25) is 0 Å². The monoisotopic (exact) mass is 313 g/mol. The number of aryl methyl sites for hydroxylation is 1. The molecule has 0 bridgehead atoms. The summed E-state index contributed by atoms with van der Waals surface area (Å²) in [7, 11) is -3.72. The molecule has 2 rings (SSSR count). The van der Waals surface area contributed by atoms with Crippen molar-refractivity contribution in [3.63, 3.8) is 0 Å². The molecule has 21 heavy (non-hydrogen) atoms. The summed E-state index contributed by atoms with van der Waals surface area (Å²) in [6, 6.07) is 4.15. The van der Waals surface area contributed by atoms with Gasteiger partial charge in [0.15, 0.2) is 0 Å². The first-order valence-electron chi connectivity index (χ1n) is 6.87. The number of carbonyl (C=O) groups is 1. The maximum Gasteiger partial charge on any atom is 0.336 e. The lowest BCUT2D eigenvalue weighted by Crippen LogP contribution is -2.38. The molecule has 6 nitrogen and oxygen atoms in total. The summed E-state index contributed by atoms with van der Waals surface area (Å²) in [5.41, 5.74) is 0.614. The van der Waals surface area contributed by atoms with Crippen LogP contribution in [0.4, 0.5) is 0 Å². The van der Waals surface area contributed by atoms with Crippen molar-refractivity contribution in [3.05, 3.63) is 29.3 Å². The molecular weight excluding hydrogens is 294 g/mol. The molecule has 0 amide bonds. The van der Waals surface area contributed by atoms with Crippen LogP contribution in [0.15, 0.2) is 23.1 Å². The van der Waals surface area contributed by atoms with Crippen LogP contribution in [0, 0.1) is 5.92 Å². The Balaban J connectivity index is 2.15. The number of hydrogen-bond acceptors (Lipinski definition) is 4. The van der Waals surface area contributed by atoms with Gasteiger partial charge in [0.25, 0.3) is 0 Å². The lowest BCUT2D eigenvalue weighted by molar-refractivity contribution is 0.0453. The molecule has 0 radical (unpaired) electrons. The second-order valence-corrected chi connectivity index (χ2v) is 7.09. The van der Waals surface area contributed by atoms with Crippen LogP contribution in [0.25, 0.3) is 0 Å². The molecule has 1 fully saturated rings. The summed E-state index contributed by atoms with van der Waals surface area (Å²) in [5, 5.41) is 18.3. The second kappa shape index (κ2) is 6.13. The van der Waals surface area contributed by atoms with Crippen molar-refractivity contribution in [2.75, 3.05) is 6.54 Å². The van der Waals surface area contributed by atoms with Gasteiger partial charge in [0.2, 0.25) is 10.0 Å². The van der Waals surface area contributed by atoms with Crippen molar-refractivity contribution in [1.29, 1.82) is 0 Å². The van der Waals surface area contributed by atoms with Gasteiger partial charge in [-0.25, -0.2) is 17.9 Å². The SMILES string of the molecule is CCc1ccc(S(=O)(=O)NCC2CC(O)C2)cc1C(=O)O. The van der Waals surface area contributed by atoms with E-state index in [0.717, 1.165) is 0 Å². The quantitative estimate of drug-likeness (QED) is 0.727. The molecule has 116 valence electrons. The molecule has 0 aromatic heterocycles. The van der Waals surface area contributed by atoms with E-state index in [0.29, 0.717) is 24.8 Å². The number of aliphatic hydroxyl groups is 1. The maximum absolute atomic E-state index is 12.2. The minimum Gasteiger partial charge on any atom is -0.478 e. The Bertz CT molecular complexity index is 635. The van der Waals surface area contributed by atoms with E-state index in [4.69, 9.17) is 5.11 Å². The van der Waals surface area contributed by atoms with Crippen LogP contribution in [0.3, 0.4) is 0 Å². The van der Waals surface area contributed by atoms with E-state index < -0.39 is 16.0 Å². The molecular formula is C14H19NO5S. The first kappa shape index (κ1) is 15.9. The fourth-order valence-corrected chi connectivity index (χ4v) is 3.55. The van der Waals surface area contributed by atoms with Crippen LogP contribution < -0.4 is 4.72 Å². The molecule has 3 N–H and O–H groups in total.